The highest BCUT2D eigenvalue weighted by Gasteiger charge is 2.16. The molecule has 4 nitrogen and oxygen atoms in total. The summed E-state index contributed by atoms with van der Waals surface area (Å²) in [6.07, 6.45) is 5.87. The van der Waals surface area contributed by atoms with Gasteiger partial charge in [-0.25, -0.2) is 0 Å². The molecule has 0 aromatic heterocycles. The molecule has 0 aliphatic carbocycles. The molecule has 4 heteroatoms. The van der Waals surface area contributed by atoms with Crippen LogP contribution in [0.3, 0.4) is 0 Å². The van der Waals surface area contributed by atoms with Gasteiger partial charge < -0.3 is 20.2 Å². The first-order chi connectivity index (χ1) is 10.5. The van der Waals surface area contributed by atoms with E-state index in [2.05, 4.69) is 25.7 Å². The smallest absolute Gasteiger partial charge is 0.0431 e. The monoisotopic (exact) mass is 317 g/mol. The van der Waals surface area contributed by atoms with Crippen LogP contribution in [0.5, 0.6) is 0 Å². The average Bonchev–Trinajstić information content (AvgIpc) is 2.48. The lowest BCUT2D eigenvalue weighted by Gasteiger charge is -2.31. The van der Waals surface area contributed by atoms with Crippen molar-refractivity contribution < 1.29 is 15.3 Å². The van der Waals surface area contributed by atoms with Crippen LogP contribution in [0.25, 0.3) is 0 Å². The predicted molar refractivity (Wildman–Crippen MR) is 92.9 cm³/mol. The van der Waals surface area contributed by atoms with Crippen LogP contribution >= 0.6 is 0 Å². The van der Waals surface area contributed by atoms with Crippen molar-refractivity contribution in [1.29, 1.82) is 0 Å². The van der Waals surface area contributed by atoms with Gasteiger partial charge in [0.1, 0.15) is 0 Å². The van der Waals surface area contributed by atoms with E-state index in [9.17, 15) is 0 Å². The molecule has 0 spiro atoms. The van der Waals surface area contributed by atoms with Gasteiger partial charge in [-0.15, -0.1) is 0 Å². The van der Waals surface area contributed by atoms with Gasteiger partial charge in [-0.2, -0.15) is 0 Å². The van der Waals surface area contributed by atoms with Crippen molar-refractivity contribution in [1.82, 2.24) is 4.90 Å². The van der Waals surface area contributed by atoms with Crippen molar-refractivity contribution in [3.8, 4) is 0 Å². The van der Waals surface area contributed by atoms with Crippen molar-refractivity contribution in [2.24, 2.45) is 17.8 Å². The lowest BCUT2D eigenvalue weighted by Crippen LogP contribution is -2.36. The van der Waals surface area contributed by atoms with E-state index < -0.39 is 0 Å². The van der Waals surface area contributed by atoms with E-state index in [4.69, 9.17) is 15.3 Å². The minimum absolute atomic E-state index is 0.282. The Labute approximate surface area is 137 Å². The van der Waals surface area contributed by atoms with Gasteiger partial charge in [0.15, 0.2) is 0 Å². The number of rotatable bonds is 15. The Bertz CT molecular complexity index is 200. The van der Waals surface area contributed by atoms with Gasteiger partial charge in [0, 0.05) is 39.5 Å². The van der Waals surface area contributed by atoms with Crippen molar-refractivity contribution >= 4 is 0 Å². The topological polar surface area (TPSA) is 63.9 Å². The van der Waals surface area contributed by atoms with Crippen molar-refractivity contribution in [2.45, 2.75) is 59.3 Å². The third-order valence-corrected chi connectivity index (χ3v) is 4.27. The van der Waals surface area contributed by atoms with E-state index in [1.807, 2.05) is 0 Å². The zero-order valence-electron chi connectivity index (χ0n) is 15.0. The average molecular weight is 318 g/mol. The second-order valence-electron chi connectivity index (χ2n) is 7.13. The third-order valence-electron chi connectivity index (χ3n) is 4.27. The minimum Gasteiger partial charge on any atom is -0.396 e. The third kappa shape index (κ3) is 12.4. The van der Waals surface area contributed by atoms with E-state index in [1.54, 1.807) is 0 Å². The van der Waals surface area contributed by atoms with Gasteiger partial charge in [0.05, 0.1) is 0 Å². The molecule has 0 bridgehead atoms. The molecular weight excluding hydrogens is 278 g/mol. The molecule has 22 heavy (non-hydrogen) atoms. The highest BCUT2D eigenvalue weighted by molar-refractivity contribution is 4.69. The molecule has 0 saturated heterocycles. The molecule has 3 unspecified atom stereocenters. The molecule has 3 N–H and O–H groups in total. The summed E-state index contributed by atoms with van der Waals surface area (Å²) in [5, 5.41) is 26.9. The lowest BCUT2D eigenvalue weighted by molar-refractivity contribution is 0.160. The number of aliphatic hydroxyl groups is 3. The maximum Gasteiger partial charge on any atom is 0.0431 e. The fourth-order valence-corrected chi connectivity index (χ4v) is 3.14. The zero-order chi connectivity index (χ0) is 16.8. The highest BCUT2D eigenvalue weighted by atomic mass is 16.3. The summed E-state index contributed by atoms with van der Waals surface area (Å²) in [5.41, 5.74) is 0. The predicted octanol–water partition coefficient (Wildman–Crippen LogP) is 2.51. The Balaban J connectivity index is 4.34. The Morgan fingerprint density at radius 2 is 0.864 bits per heavy atom. The second-order valence-corrected chi connectivity index (χ2v) is 7.13. The minimum atomic E-state index is 0.282. The molecule has 0 fully saturated rings. The van der Waals surface area contributed by atoms with E-state index in [0.717, 1.165) is 58.2 Å². The maximum absolute atomic E-state index is 8.97. The molecular formula is C18H39NO3. The largest absolute Gasteiger partial charge is 0.396 e. The Morgan fingerprint density at radius 1 is 0.591 bits per heavy atom. The molecule has 3 atom stereocenters. The Morgan fingerprint density at radius 3 is 1.09 bits per heavy atom. The molecule has 0 amide bonds. The van der Waals surface area contributed by atoms with Crippen LogP contribution < -0.4 is 0 Å². The number of aliphatic hydroxyl groups excluding tert-OH is 3. The van der Waals surface area contributed by atoms with E-state index >= 15 is 0 Å². The maximum atomic E-state index is 8.97. The molecule has 0 aromatic rings. The van der Waals surface area contributed by atoms with Gasteiger partial charge in [-0.1, -0.05) is 20.8 Å². The zero-order valence-corrected chi connectivity index (χ0v) is 15.0. The summed E-state index contributed by atoms with van der Waals surface area (Å²) in [6, 6.07) is 0. The number of nitrogens with zero attached hydrogens (tertiary/aromatic N) is 1. The first-order valence-electron chi connectivity index (χ1n) is 9.08. The van der Waals surface area contributed by atoms with Gasteiger partial charge >= 0.3 is 0 Å². The van der Waals surface area contributed by atoms with Crippen LogP contribution in [0.1, 0.15) is 59.3 Å². The fraction of sp³-hybridized carbons (Fsp3) is 1.00. The van der Waals surface area contributed by atoms with Crippen molar-refractivity contribution in [3.05, 3.63) is 0 Å². The molecule has 0 aromatic carbocycles. The van der Waals surface area contributed by atoms with E-state index in [1.165, 1.54) is 0 Å². The van der Waals surface area contributed by atoms with Crippen LogP contribution in [0.15, 0.2) is 0 Å². The fourth-order valence-electron chi connectivity index (χ4n) is 3.14. The van der Waals surface area contributed by atoms with Gasteiger partial charge in [0.25, 0.3) is 0 Å². The Kier molecular flexibility index (Phi) is 14.3. The summed E-state index contributed by atoms with van der Waals surface area (Å²) in [4.78, 5) is 2.55. The molecule has 0 aliphatic rings. The summed E-state index contributed by atoms with van der Waals surface area (Å²) < 4.78 is 0. The summed E-state index contributed by atoms with van der Waals surface area (Å²) >= 11 is 0. The second kappa shape index (κ2) is 14.4. The molecule has 0 rings (SSSR count). The molecule has 0 aliphatic heterocycles. The quantitative estimate of drug-likeness (QED) is 0.434. The highest BCUT2D eigenvalue weighted by Crippen LogP contribution is 2.16. The molecule has 0 heterocycles. The van der Waals surface area contributed by atoms with Crippen molar-refractivity contribution in [2.75, 3.05) is 39.5 Å². The number of hydrogen-bond donors (Lipinski definition) is 3. The van der Waals surface area contributed by atoms with Crippen LogP contribution in [0, 0.1) is 17.8 Å². The van der Waals surface area contributed by atoms with E-state index in [0.29, 0.717) is 17.8 Å². The lowest BCUT2D eigenvalue weighted by atomic mass is 9.99. The van der Waals surface area contributed by atoms with Crippen LogP contribution in [0.4, 0.5) is 0 Å². The van der Waals surface area contributed by atoms with Crippen LogP contribution in [-0.4, -0.2) is 59.7 Å². The standard InChI is InChI=1S/C18H39NO3/c1-16(7-4-10-20)13-19(14-17(2)8-5-11-21)15-18(3)9-6-12-22/h16-18,20-22H,4-15H2,1-3H3. The molecule has 0 radical (unpaired) electrons. The Hall–Kier alpha value is -0.160. The summed E-state index contributed by atoms with van der Waals surface area (Å²) in [7, 11) is 0. The number of hydrogen-bond acceptors (Lipinski definition) is 4. The van der Waals surface area contributed by atoms with Gasteiger partial charge in [-0.3, -0.25) is 0 Å². The van der Waals surface area contributed by atoms with Crippen LogP contribution in [0.2, 0.25) is 0 Å². The van der Waals surface area contributed by atoms with E-state index in [-0.39, 0.29) is 19.8 Å². The first-order valence-corrected chi connectivity index (χ1v) is 9.08. The van der Waals surface area contributed by atoms with Crippen molar-refractivity contribution in [3.63, 3.8) is 0 Å². The summed E-state index contributed by atoms with van der Waals surface area (Å²) in [6.45, 7) is 10.9. The first kappa shape index (κ1) is 21.8. The summed E-state index contributed by atoms with van der Waals surface area (Å²) in [5.74, 6) is 1.80. The van der Waals surface area contributed by atoms with Crippen LogP contribution in [-0.2, 0) is 0 Å². The molecule has 134 valence electrons. The molecule has 0 saturated carbocycles. The van der Waals surface area contributed by atoms with Gasteiger partial charge in [0.2, 0.25) is 0 Å². The SMILES string of the molecule is CC(CCCO)CN(CC(C)CCCO)CC(C)CCCO. The van der Waals surface area contributed by atoms with Gasteiger partial charge in [-0.05, 0) is 56.3 Å². The normalized spacial score (nSPS) is 16.0.